The summed E-state index contributed by atoms with van der Waals surface area (Å²) in [7, 11) is 5.35. The fraction of sp³-hybridized carbons (Fsp3) is 1.00. The van der Waals surface area contributed by atoms with Crippen molar-refractivity contribution < 1.29 is 14.2 Å². The van der Waals surface area contributed by atoms with Crippen LogP contribution in [0.1, 0.15) is 51.4 Å². The zero-order chi connectivity index (χ0) is 12.8. The third-order valence-corrected chi connectivity index (χ3v) is 3.08. The van der Waals surface area contributed by atoms with E-state index >= 15 is 0 Å². The SMILES string of the molecule is COCCCCCC(CCCCCOC)OC. The molecule has 0 aromatic rings. The second kappa shape index (κ2) is 13.9. The number of methoxy groups -OCH3 is 3. The summed E-state index contributed by atoms with van der Waals surface area (Å²) < 4.78 is 15.6. The van der Waals surface area contributed by atoms with Gasteiger partial charge in [0.15, 0.2) is 0 Å². The molecule has 0 atom stereocenters. The van der Waals surface area contributed by atoms with Crippen molar-refractivity contribution in [1.82, 2.24) is 0 Å². The van der Waals surface area contributed by atoms with E-state index in [2.05, 4.69) is 0 Å². The van der Waals surface area contributed by atoms with Crippen LogP contribution < -0.4 is 0 Å². The molecule has 0 unspecified atom stereocenters. The minimum absolute atomic E-state index is 0.445. The number of hydrogen-bond acceptors (Lipinski definition) is 3. The van der Waals surface area contributed by atoms with E-state index in [4.69, 9.17) is 14.2 Å². The van der Waals surface area contributed by atoms with Crippen LogP contribution in [-0.2, 0) is 14.2 Å². The molecule has 0 spiro atoms. The molecular weight excluding hydrogens is 216 g/mol. The fourth-order valence-corrected chi connectivity index (χ4v) is 1.97. The molecule has 3 heteroatoms. The van der Waals surface area contributed by atoms with Gasteiger partial charge in [-0.15, -0.1) is 0 Å². The van der Waals surface area contributed by atoms with E-state index in [1.54, 1.807) is 14.2 Å². The maximum absolute atomic E-state index is 5.50. The highest BCUT2D eigenvalue weighted by Crippen LogP contribution is 2.13. The lowest BCUT2D eigenvalue weighted by Gasteiger charge is -2.14. The molecule has 0 rings (SSSR count). The van der Waals surface area contributed by atoms with Gasteiger partial charge in [-0.2, -0.15) is 0 Å². The summed E-state index contributed by atoms with van der Waals surface area (Å²) in [5.41, 5.74) is 0. The third-order valence-electron chi connectivity index (χ3n) is 3.08. The second-order valence-corrected chi connectivity index (χ2v) is 4.54. The Balaban J connectivity index is 3.30. The van der Waals surface area contributed by atoms with E-state index in [-0.39, 0.29) is 0 Å². The second-order valence-electron chi connectivity index (χ2n) is 4.54. The average Bonchev–Trinajstić information content (AvgIpc) is 2.36. The third kappa shape index (κ3) is 12.1. The molecule has 0 aliphatic rings. The Kier molecular flexibility index (Phi) is 13.8. The molecule has 0 amide bonds. The van der Waals surface area contributed by atoms with Crippen molar-refractivity contribution in [1.29, 1.82) is 0 Å². The Morgan fingerprint density at radius 1 is 0.647 bits per heavy atom. The predicted molar refractivity (Wildman–Crippen MR) is 71.5 cm³/mol. The van der Waals surface area contributed by atoms with E-state index in [0.29, 0.717) is 6.10 Å². The lowest BCUT2D eigenvalue weighted by molar-refractivity contribution is 0.0817. The Morgan fingerprint density at radius 3 is 1.47 bits per heavy atom. The molecule has 0 bridgehead atoms. The maximum atomic E-state index is 5.50. The van der Waals surface area contributed by atoms with Crippen molar-refractivity contribution >= 4 is 0 Å². The van der Waals surface area contributed by atoms with Crippen LogP contribution >= 0.6 is 0 Å². The molecule has 104 valence electrons. The van der Waals surface area contributed by atoms with Gasteiger partial charge in [0.1, 0.15) is 0 Å². The summed E-state index contributed by atoms with van der Waals surface area (Å²) in [4.78, 5) is 0. The smallest absolute Gasteiger partial charge is 0.0571 e. The van der Waals surface area contributed by atoms with Gasteiger partial charge < -0.3 is 14.2 Å². The van der Waals surface area contributed by atoms with Crippen LogP contribution in [0.15, 0.2) is 0 Å². The van der Waals surface area contributed by atoms with E-state index in [1.165, 1.54) is 51.4 Å². The highest BCUT2D eigenvalue weighted by atomic mass is 16.5. The van der Waals surface area contributed by atoms with E-state index in [0.717, 1.165) is 13.2 Å². The summed E-state index contributed by atoms with van der Waals surface area (Å²) in [5.74, 6) is 0. The number of rotatable bonds is 13. The fourth-order valence-electron chi connectivity index (χ4n) is 1.97. The topological polar surface area (TPSA) is 27.7 Å². The number of unbranched alkanes of at least 4 members (excludes halogenated alkanes) is 4. The zero-order valence-electron chi connectivity index (χ0n) is 11.9. The minimum Gasteiger partial charge on any atom is -0.385 e. The summed E-state index contributed by atoms with van der Waals surface area (Å²) >= 11 is 0. The van der Waals surface area contributed by atoms with Crippen molar-refractivity contribution in [3.8, 4) is 0 Å². The van der Waals surface area contributed by atoms with Gasteiger partial charge in [0, 0.05) is 34.5 Å². The Labute approximate surface area is 107 Å². The minimum atomic E-state index is 0.445. The van der Waals surface area contributed by atoms with Crippen molar-refractivity contribution in [3.63, 3.8) is 0 Å². The van der Waals surface area contributed by atoms with Gasteiger partial charge in [-0.05, 0) is 25.7 Å². The van der Waals surface area contributed by atoms with E-state index < -0.39 is 0 Å². The van der Waals surface area contributed by atoms with Gasteiger partial charge in [0.25, 0.3) is 0 Å². The van der Waals surface area contributed by atoms with Crippen LogP contribution in [0.2, 0.25) is 0 Å². The highest BCUT2D eigenvalue weighted by molar-refractivity contribution is 4.59. The molecule has 0 aliphatic carbocycles. The van der Waals surface area contributed by atoms with Gasteiger partial charge >= 0.3 is 0 Å². The molecule has 3 nitrogen and oxygen atoms in total. The first-order chi connectivity index (χ1) is 8.35. The van der Waals surface area contributed by atoms with Crippen LogP contribution in [0, 0.1) is 0 Å². The molecule has 0 aromatic carbocycles. The molecule has 0 saturated heterocycles. The molecule has 0 N–H and O–H groups in total. The quantitative estimate of drug-likeness (QED) is 0.466. The normalized spacial score (nSPS) is 11.3. The van der Waals surface area contributed by atoms with Gasteiger partial charge in [-0.1, -0.05) is 25.7 Å². The molecule has 0 saturated carbocycles. The van der Waals surface area contributed by atoms with Crippen molar-refractivity contribution in [2.24, 2.45) is 0 Å². The Hall–Kier alpha value is -0.120. The van der Waals surface area contributed by atoms with Crippen LogP contribution in [0.3, 0.4) is 0 Å². The lowest BCUT2D eigenvalue weighted by Crippen LogP contribution is -2.10. The van der Waals surface area contributed by atoms with E-state index in [9.17, 15) is 0 Å². The first kappa shape index (κ1) is 16.9. The maximum Gasteiger partial charge on any atom is 0.0571 e. The summed E-state index contributed by atoms with van der Waals surface area (Å²) in [6.07, 6.45) is 10.1. The summed E-state index contributed by atoms with van der Waals surface area (Å²) in [5, 5.41) is 0. The van der Waals surface area contributed by atoms with E-state index in [1.807, 2.05) is 7.11 Å². The molecule has 17 heavy (non-hydrogen) atoms. The molecule has 0 aliphatic heterocycles. The van der Waals surface area contributed by atoms with Crippen molar-refractivity contribution in [2.75, 3.05) is 34.5 Å². The Morgan fingerprint density at radius 2 is 1.12 bits per heavy atom. The van der Waals surface area contributed by atoms with Crippen molar-refractivity contribution in [2.45, 2.75) is 57.5 Å². The summed E-state index contributed by atoms with van der Waals surface area (Å²) in [6.45, 7) is 1.77. The monoisotopic (exact) mass is 246 g/mol. The highest BCUT2D eigenvalue weighted by Gasteiger charge is 2.06. The standard InChI is InChI=1S/C14H30O3/c1-15-12-8-4-6-10-14(17-3)11-7-5-9-13-16-2/h14H,4-13H2,1-3H3. The van der Waals surface area contributed by atoms with Crippen LogP contribution in [0.25, 0.3) is 0 Å². The first-order valence-electron chi connectivity index (χ1n) is 6.85. The Bertz CT molecular complexity index is 125. The van der Waals surface area contributed by atoms with Gasteiger partial charge in [-0.3, -0.25) is 0 Å². The van der Waals surface area contributed by atoms with Gasteiger partial charge in [-0.25, -0.2) is 0 Å². The molecular formula is C14H30O3. The lowest BCUT2D eigenvalue weighted by atomic mass is 10.0. The molecule has 0 aromatic heterocycles. The van der Waals surface area contributed by atoms with Crippen LogP contribution in [-0.4, -0.2) is 40.6 Å². The zero-order valence-corrected chi connectivity index (χ0v) is 11.9. The van der Waals surface area contributed by atoms with Gasteiger partial charge in [0.05, 0.1) is 6.10 Å². The first-order valence-corrected chi connectivity index (χ1v) is 6.85. The number of ether oxygens (including phenoxy) is 3. The van der Waals surface area contributed by atoms with Crippen LogP contribution in [0.4, 0.5) is 0 Å². The molecule has 0 radical (unpaired) electrons. The largest absolute Gasteiger partial charge is 0.385 e. The summed E-state index contributed by atoms with van der Waals surface area (Å²) in [6, 6.07) is 0. The molecule has 0 heterocycles. The van der Waals surface area contributed by atoms with Crippen molar-refractivity contribution in [3.05, 3.63) is 0 Å². The van der Waals surface area contributed by atoms with Crippen LogP contribution in [0.5, 0.6) is 0 Å². The average molecular weight is 246 g/mol. The molecule has 0 fully saturated rings. The number of hydrogen-bond donors (Lipinski definition) is 0. The predicted octanol–water partition coefficient (Wildman–Crippen LogP) is 3.42. The van der Waals surface area contributed by atoms with Gasteiger partial charge in [0.2, 0.25) is 0 Å².